The van der Waals surface area contributed by atoms with Gasteiger partial charge in [0.2, 0.25) is 0 Å². The molecule has 3 aromatic rings. The molecule has 0 saturated carbocycles. The van der Waals surface area contributed by atoms with E-state index in [1.807, 2.05) is 38.4 Å². The largest absolute Gasteiger partial charge is 0.408 e. The topological polar surface area (TPSA) is 99.8 Å². The number of nitriles is 1. The van der Waals surface area contributed by atoms with Gasteiger partial charge in [0.15, 0.2) is 8.32 Å². The Morgan fingerprint density at radius 3 is 2.54 bits per heavy atom. The zero-order valence-corrected chi connectivity index (χ0v) is 24.0. The lowest BCUT2D eigenvalue weighted by Crippen LogP contribution is -2.43. The third-order valence-corrected chi connectivity index (χ3v) is 12.0. The van der Waals surface area contributed by atoms with Crippen molar-refractivity contribution in [3.05, 3.63) is 70.7 Å². The first-order valence-electron chi connectivity index (χ1n) is 12.8. The van der Waals surface area contributed by atoms with Gasteiger partial charge in [0.05, 0.1) is 23.0 Å². The highest BCUT2D eigenvalue weighted by atomic mass is 28.4. The fraction of sp³-hybridized carbons (Fsp3) is 0.464. The van der Waals surface area contributed by atoms with Crippen LogP contribution in [0.4, 0.5) is 11.5 Å². The Kier molecular flexibility index (Phi) is 7.62. The van der Waals surface area contributed by atoms with E-state index in [0.29, 0.717) is 18.7 Å². The molecular formula is C28H37N7OSi. The molecule has 0 radical (unpaired) electrons. The fourth-order valence-corrected chi connectivity index (χ4v) is 5.52. The van der Waals surface area contributed by atoms with Crippen LogP contribution in [0.5, 0.6) is 0 Å². The molecule has 0 spiro atoms. The normalized spacial score (nSPS) is 14.6. The van der Waals surface area contributed by atoms with Crippen LogP contribution in [0.15, 0.2) is 36.9 Å². The maximum absolute atomic E-state index is 9.71. The van der Waals surface area contributed by atoms with E-state index in [1.54, 1.807) is 6.33 Å². The van der Waals surface area contributed by atoms with Crippen molar-refractivity contribution in [2.75, 3.05) is 23.3 Å². The van der Waals surface area contributed by atoms with Gasteiger partial charge in [0.1, 0.15) is 24.0 Å². The first-order valence-corrected chi connectivity index (χ1v) is 15.7. The lowest BCUT2D eigenvalue weighted by Gasteiger charge is -2.39. The lowest BCUT2D eigenvalue weighted by molar-refractivity contribution is 0.195. The predicted octanol–water partition coefficient (Wildman–Crippen LogP) is 5.49. The van der Waals surface area contributed by atoms with Crippen LogP contribution in [0.25, 0.3) is 0 Å². The molecule has 0 bridgehead atoms. The van der Waals surface area contributed by atoms with Crippen molar-refractivity contribution in [2.45, 2.75) is 71.8 Å². The van der Waals surface area contributed by atoms with Crippen LogP contribution in [0.2, 0.25) is 18.1 Å². The Hall–Kier alpha value is -3.35. The number of hydrogen-bond acceptors (Lipinski definition) is 8. The third-order valence-electron chi connectivity index (χ3n) is 7.49. The van der Waals surface area contributed by atoms with Gasteiger partial charge >= 0.3 is 0 Å². The second-order valence-corrected chi connectivity index (χ2v) is 16.0. The summed E-state index contributed by atoms with van der Waals surface area (Å²) in [5.74, 6) is 1.54. The van der Waals surface area contributed by atoms with Gasteiger partial charge < -0.3 is 14.6 Å². The summed E-state index contributed by atoms with van der Waals surface area (Å²) in [6.07, 6.45) is 5.93. The van der Waals surface area contributed by atoms with E-state index >= 15 is 0 Å². The summed E-state index contributed by atoms with van der Waals surface area (Å²) < 4.78 is 6.83. The third kappa shape index (κ3) is 5.97. The van der Waals surface area contributed by atoms with Crippen LogP contribution < -0.4 is 10.2 Å². The van der Waals surface area contributed by atoms with E-state index in [0.717, 1.165) is 52.7 Å². The van der Waals surface area contributed by atoms with Crippen LogP contribution in [0, 0.1) is 25.2 Å². The Morgan fingerprint density at radius 1 is 1.14 bits per heavy atom. The van der Waals surface area contributed by atoms with E-state index in [1.165, 1.54) is 0 Å². The minimum Gasteiger partial charge on any atom is -0.408 e. The molecule has 1 atom stereocenters. The highest BCUT2D eigenvalue weighted by Gasteiger charge is 2.39. The molecule has 0 amide bonds. The van der Waals surface area contributed by atoms with Gasteiger partial charge in [0.25, 0.3) is 0 Å². The number of nitrogens with one attached hydrogen (secondary N) is 1. The predicted molar refractivity (Wildman–Crippen MR) is 149 cm³/mol. The molecule has 37 heavy (non-hydrogen) atoms. The average Bonchev–Trinajstić information content (AvgIpc) is 2.86. The van der Waals surface area contributed by atoms with Crippen molar-refractivity contribution >= 4 is 19.8 Å². The molecule has 9 heteroatoms. The fourth-order valence-electron chi connectivity index (χ4n) is 4.23. The summed E-state index contributed by atoms with van der Waals surface area (Å²) in [7, 11) is -2.07. The Balaban J connectivity index is 1.59. The second-order valence-electron chi connectivity index (χ2n) is 11.3. The van der Waals surface area contributed by atoms with Crippen molar-refractivity contribution in [3.8, 4) is 6.07 Å². The molecule has 4 rings (SSSR count). The summed E-state index contributed by atoms with van der Waals surface area (Å²) in [4.78, 5) is 20.3. The molecule has 3 heterocycles. The van der Waals surface area contributed by atoms with Gasteiger partial charge in [-0.25, -0.2) is 19.9 Å². The smallest absolute Gasteiger partial charge is 0.193 e. The summed E-state index contributed by atoms with van der Waals surface area (Å²) in [6.45, 7) is 17.1. The Bertz CT molecular complexity index is 1300. The van der Waals surface area contributed by atoms with Crippen LogP contribution in [0.3, 0.4) is 0 Å². The maximum atomic E-state index is 9.71. The summed E-state index contributed by atoms with van der Waals surface area (Å²) >= 11 is 0. The molecule has 1 aliphatic rings. The van der Waals surface area contributed by atoms with Crippen molar-refractivity contribution in [1.29, 1.82) is 5.26 Å². The Labute approximate surface area is 221 Å². The second kappa shape index (κ2) is 10.6. The van der Waals surface area contributed by atoms with Gasteiger partial charge in [-0.05, 0) is 49.7 Å². The highest BCUT2D eigenvalue weighted by Crippen LogP contribution is 2.40. The number of nitrogens with zero attached hydrogens (tertiary/aromatic N) is 6. The minimum absolute atomic E-state index is 0.0673. The highest BCUT2D eigenvalue weighted by molar-refractivity contribution is 6.74. The standard InChI is InChI=1S/C28H37N7OSi/c1-19-8-9-25(21(12-19)13-29)35-11-10-24-23(17-35)27(34-18-33-24)32-16-26(22-14-30-20(2)31-15-22)36-37(6,7)28(3,4)5/h8-9,12,14-15,18,26H,10-11,16-17H2,1-7H3,(H,32,33,34)/t26-/m1/s1. The quantitative estimate of drug-likeness (QED) is 0.412. The number of fused-ring (bicyclic) bond motifs is 1. The van der Waals surface area contributed by atoms with Crippen LogP contribution >= 0.6 is 0 Å². The molecule has 194 valence electrons. The van der Waals surface area contributed by atoms with E-state index in [2.05, 4.69) is 76.2 Å². The van der Waals surface area contributed by atoms with E-state index in [4.69, 9.17) is 4.43 Å². The number of aryl methyl sites for hydroxylation is 2. The summed E-state index contributed by atoms with van der Waals surface area (Å²) in [5, 5.41) is 13.3. The first-order chi connectivity index (χ1) is 17.5. The molecular weight excluding hydrogens is 478 g/mol. The molecule has 0 fully saturated rings. The van der Waals surface area contributed by atoms with Crippen molar-refractivity contribution in [1.82, 2.24) is 19.9 Å². The number of benzene rings is 1. The van der Waals surface area contributed by atoms with Crippen molar-refractivity contribution in [2.24, 2.45) is 0 Å². The molecule has 1 aromatic carbocycles. The number of hydrogen-bond donors (Lipinski definition) is 1. The molecule has 0 saturated heterocycles. The maximum Gasteiger partial charge on any atom is 0.193 e. The number of anilines is 2. The van der Waals surface area contributed by atoms with E-state index in [9.17, 15) is 5.26 Å². The average molecular weight is 516 g/mol. The summed E-state index contributed by atoms with van der Waals surface area (Å²) in [6, 6.07) is 8.39. The lowest BCUT2D eigenvalue weighted by atomic mass is 10.0. The molecule has 2 aromatic heterocycles. The van der Waals surface area contributed by atoms with Crippen molar-refractivity contribution < 1.29 is 4.43 Å². The van der Waals surface area contributed by atoms with Gasteiger partial charge in [-0.3, -0.25) is 0 Å². The van der Waals surface area contributed by atoms with E-state index in [-0.39, 0.29) is 11.1 Å². The molecule has 0 aliphatic carbocycles. The molecule has 1 N–H and O–H groups in total. The van der Waals surface area contributed by atoms with E-state index < -0.39 is 8.32 Å². The van der Waals surface area contributed by atoms with Gasteiger partial charge in [0, 0.05) is 49.6 Å². The number of aromatic nitrogens is 4. The Morgan fingerprint density at radius 2 is 1.86 bits per heavy atom. The molecule has 0 unspecified atom stereocenters. The minimum atomic E-state index is -2.07. The number of rotatable bonds is 7. The SMILES string of the molecule is Cc1ccc(N2CCc3ncnc(NC[C@@H](O[Si](C)(C)C(C)(C)C)c4cnc(C)nc4)c3C2)c(C#N)c1. The monoisotopic (exact) mass is 515 g/mol. The molecule has 8 nitrogen and oxygen atoms in total. The zero-order valence-electron chi connectivity index (χ0n) is 23.0. The van der Waals surface area contributed by atoms with Crippen LogP contribution in [-0.2, 0) is 17.4 Å². The van der Waals surface area contributed by atoms with Gasteiger partial charge in [-0.2, -0.15) is 5.26 Å². The first kappa shape index (κ1) is 26.7. The van der Waals surface area contributed by atoms with Crippen LogP contribution in [-0.4, -0.2) is 41.3 Å². The van der Waals surface area contributed by atoms with Crippen LogP contribution in [0.1, 0.15) is 60.6 Å². The summed E-state index contributed by atoms with van der Waals surface area (Å²) in [5.41, 5.74) is 5.77. The van der Waals surface area contributed by atoms with Gasteiger partial charge in [-0.1, -0.05) is 26.8 Å². The molecule has 1 aliphatic heterocycles. The zero-order chi connectivity index (χ0) is 26.8. The van der Waals surface area contributed by atoms with Crippen molar-refractivity contribution in [3.63, 3.8) is 0 Å². The van der Waals surface area contributed by atoms with Gasteiger partial charge in [-0.15, -0.1) is 0 Å².